The molecule has 2 N–H and O–H groups in total. The summed E-state index contributed by atoms with van der Waals surface area (Å²) in [5.74, 6) is -0.739. The van der Waals surface area contributed by atoms with Crippen LogP contribution < -0.4 is 20.2 Å². The molecule has 0 aromatic heterocycles. The van der Waals surface area contributed by atoms with E-state index in [0.29, 0.717) is 23.6 Å². The lowest BCUT2D eigenvalue weighted by Crippen LogP contribution is -2.32. The van der Waals surface area contributed by atoms with Crippen LogP contribution in [0.4, 0.5) is 5.69 Å². The number of anilines is 1. The zero-order valence-corrected chi connectivity index (χ0v) is 14.7. The van der Waals surface area contributed by atoms with Gasteiger partial charge in [-0.05, 0) is 30.5 Å². The number of aryl methyl sites for hydroxylation is 1. The summed E-state index contributed by atoms with van der Waals surface area (Å²) in [5.41, 5.74) is 3.74. The predicted molar refractivity (Wildman–Crippen MR) is 99.6 cm³/mol. The van der Waals surface area contributed by atoms with Crippen molar-refractivity contribution in [1.29, 1.82) is 0 Å². The van der Waals surface area contributed by atoms with Gasteiger partial charge in [-0.1, -0.05) is 30.3 Å². The van der Waals surface area contributed by atoms with Crippen molar-refractivity contribution in [2.75, 3.05) is 19.5 Å². The Morgan fingerprint density at radius 1 is 1.04 bits per heavy atom. The van der Waals surface area contributed by atoms with E-state index < -0.39 is 11.8 Å². The van der Waals surface area contributed by atoms with Gasteiger partial charge in [0.05, 0.1) is 19.9 Å². The number of nitrogens with one attached hydrogen (secondary N) is 2. The lowest BCUT2D eigenvalue weighted by atomic mass is 10.1. The number of benzene rings is 2. The Bertz CT molecular complexity index is 776. The minimum absolute atomic E-state index is 0.363. The largest absolute Gasteiger partial charge is 0.497 e. The van der Waals surface area contributed by atoms with Gasteiger partial charge in [0.1, 0.15) is 11.5 Å². The van der Waals surface area contributed by atoms with E-state index in [1.807, 2.05) is 30.3 Å². The molecule has 0 atom stereocenters. The first-order chi connectivity index (χ1) is 12.6. The highest BCUT2D eigenvalue weighted by atomic mass is 16.5. The highest BCUT2D eigenvalue weighted by Crippen LogP contribution is 2.28. The Hall–Kier alpha value is -3.35. The minimum atomic E-state index is -0.862. The molecule has 2 rings (SSSR count). The van der Waals surface area contributed by atoms with E-state index in [-0.39, 0.29) is 0 Å². The smallest absolute Gasteiger partial charge is 0.329 e. The van der Waals surface area contributed by atoms with Gasteiger partial charge in [0.15, 0.2) is 0 Å². The van der Waals surface area contributed by atoms with Crippen molar-refractivity contribution in [3.63, 3.8) is 0 Å². The Morgan fingerprint density at radius 2 is 1.81 bits per heavy atom. The van der Waals surface area contributed by atoms with Crippen LogP contribution in [-0.2, 0) is 16.0 Å². The minimum Gasteiger partial charge on any atom is -0.497 e. The number of carbonyl (C=O) groups is 2. The summed E-state index contributed by atoms with van der Waals surface area (Å²) in [5, 5.41) is 6.26. The number of hydrogen-bond donors (Lipinski definition) is 2. The van der Waals surface area contributed by atoms with Gasteiger partial charge in [0.25, 0.3) is 0 Å². The maximum Gasteiger partial charge on any atom is 0.329 e. The van der Waals surface area contributed by atoms with Crippen molar-refractivity contribution in [2.24, 2.45) is 5.10 Å². The van der Waals surface area contributed by atoms with Gasteiger partial charge >= 0.3 is 11.8 Å². The summed E-state index contributed by atoms with van der Waals surface area (Å²) in [7, 11) is 2.98. The van der Waals surface area contributed by atoms with Crippen molar-refractivity contribution >= 4 is 23.7 Å². The highest BCUT2D eigenvalue weighted by Gasteiger charge is 2.15. The molecule has 0 aliphatic carbocycles. The molecule has 0 unspecified atom stereocenters. The molecule has 0 aliphatic heterocycles. The molecule has 26 heavy (non-hydrogen) atoms. The third kappa shape index (κ3) is 5.62. The lowest BCUT2D eigenvalue weighted by Gasteiger charge is -2.10. The number of ether oxygens (including phenoxy) is 2. The van der Waals surface area contributed by atoms with Crippen LogP contribution in [0.25, 0.3) is 0 Å². The Morgan fingerprint density at radius 3 is 2.50 bits per heavy atom. The van der Waals surface area contributed by atoms with Crippen molar-refractivity contribution < 1.29 is 19.1 Å². The van der Waals surface area contributed by atoms with Gasteiger partial charge < -0.3 is 14.8 Å². The molecular weight excluding hydrogens is 334 g/mol. The molecule has 0 spiro atoms. The first kappa shape index (κ1) is 19.0. The number of nitrogens with zero attached hydrogens (tertiary/aromatic N) is 1. The van der Waals surface area contributed by atoms with Gasteiger partial charge in [0.2, 0.25) is 0 Å². The van der Waals surface area contributed by atoms with Crippen LogP contribution in [0, 0.1) is 0 Å². The summed E-state index contributed by atoms with van der Waals surface area (Å²) >= 11 is 0. The zero-order chi connectivity index (χ0) is 18.8. The van der Waals surface area contributed by atoms with Crippen molar-refractivity contribution in [3.8, 4) is 11.5 Å². The van der Waals surface area contributed by atoms with Gasteiger partial charge in [-0.15, -0.1) is 0 Å². The van der Waals surface area contributed by atoms with Crippen LogP contribution in [0.5, 0.6) is 11.5 Å². The third-order valence-electron chi connectivity index (χ3n) is 3.53. The molecule has 0 radical (unpaired) electrons. The fourth-order valence-corrected chi connectivity index (χ4v) is 2.18. The molecule has 136 valence electrons. The van der Waals surface area contributed by atoms with E-state index in [1.54, 1.807) is 24.4 Å². The van der Waals surface area contributed by atoms with Gasteiger partial charge in [-0.25, -0.2) is 5.43 Å². The molecule has 0 fully saturated rings. The predicted octanol–water partition coefficient (Wildman–Crippen LogP) is 2.38. The zero-order valence-electron chi connectivity index (χ0n) is 14.7. The average Bonchev–Trinajstić information content (AvgIpc) is 2.68. The molecule has 2 aromatic rings. The normalized spacial score (nSPS) is 10.4. The molecule has 2 amide bonds. The molecular formula is C19H21N3O4. The Balaban J connectivity index is 1.82. The van der Waals surface area contributed by atoms with Crippen LogP contribution in [0.15, 0.2) is 53.6 Å². The standard InChI is InChI=1S/C19H21N3O4/c1-25-15-10-11-16(17(13-15)26-2)21-18(23)19(24)22-20-12-6-9-14-7-4-3-5-8-14/h3-5,7-8,10-13H,6,9H2,1-2H3,(H,21,23)(H,22,24)/b20-12+. The molecule has 0 saturated heterocycles. The number of amides is 2. The van der Waals surface area contributed by atoms with Gasteiger partial charge in [0, 0.05) is 12.3 Å². The van der Waals surface area contributed by atoms with Crippen LogP contribution >= 0.6 is 0 Å². The number of hydrazone groups is 1. The van der Waals surface area contributed by atoms with E-state index in [2.05, 4.69) is 15.8 Å². The quantitative estimate of drug-likeness (QED) is 0.453. The fourth-order valence-electron chi connectivity index (χ4n) is 2.18. The second kappa shape index (κ2) is 9.83. The second-order valence-electron chi connectivity index (χ2n) is 5.30. The van der Waals surface area contributed by atoms with Gasteiger partial charge in [-0.2, -0.15) is 5.10 Å². The second-order valence-corrected chi connectivity index (χ2v) is 5.30. The number of hydrogen-bond acceptors (Lipinski definition) is 5. The molecule has 0 bridgehead atoms. The Kier molecular flexibility index (Phi) is 7.17. The summed E-state index contributed by atoms with van der Waals surface area (Å²) in [6, 6.07) is 14.8. The Labute approximate surface area is 152 Å². The van der Waals surface area contributed by atoms with Crippen LogP contribution in [0.2, 0.25) is 0 Å². The summed E-state index contributed by atoms with van der Waals surface area (Å²) in [6.45, 7) is 0. The van der Waals surface area contributed by atoms with E-state index in [9.17, 15) is 9.59 Å². The van der Waals surface area contributed by atoms with E-state index in [0.717, 1.165) is 6.42 Å². The highest BCUT2D eigenvalue weighted by molar-refractivity contribution is 6.39. The van der Waals surface area contributed by atoms with Crippen molar-refractivity contribution in [2.45, 2.75) is 12.8 Å². The third-order valence-corrected chi connectivity index (χ3v) is 3.53. The lowest BCUT2D eigenvalue weighted by molar-refractivity contribution is -0.136. The molecule has 0 heterocycles. The number of carbonyl (C=O) groups excluding carboxylic acids is 2. The molecule has 0 saturated carbocycles. The summed E-state index contributed by atoms with van der Waals surface area (Å²) < 4.78 is 10.2. The monoisotopic (exact) mass is 355 g/mol. The molecule has 7 nitrogen and oxygen atoms in total. The summed E-state index contributed by atoms with van der Waals surface area (Å²) in [4.78, 5) is 23.7. The number of rotatable bonds is 7. The maximum atomic E-state index is 11.9. The van der Waals surface area contributed by atoms with E-state index in [1.165, 1.54) is 19.8 Å². The first-order valence-corrected chi connectivity index (χ1v) is 8.03. The van der Waals surface area contributed by atoms with Crippen molar-refractivity contribution in [1.82, 2.24) is 5.43 Å². The maximum absolute atomic E-state index is 11.9. The first-order valence-electron chi connectivity index (χ1n) is 8.03. The average molecular weight is 355 g/mol. The molecule has 2 aromatic carbocycles. The molecule has 0 aliphatic rings. The fraction of sp³-hybridized carbons (Fsp3) is 0.211. The van der Waals surface area contributed by atoms with E-state index >= 15 is 0 Å². The topological polar surface area (TPSA) is 89.0 Å². The van der Waals surface area contributed by atoms with Crippen molar-refractivity contribution in [3.05, 3.63) is 54.1 Å². The van der Waals surface area contributed by atoms with Crippen LogP contribution in [0.1, 0.15) is 12.0 Å². The number of methoxy groups -OCH3 is 2. The molecule has 7 heteroatoms. The van der Waals surface area contributed by atoms with Crippen LogP contribution in [0.3, 0.4) is 0 Å². The van der Waals surface area contributed by atoms with Crippen LogP contribution in [-0.4, -0.2) is 32.2 Å². The van der Waals surface area contributed by atoms with Gasteiger partial charge in [-0.3, -0.25) is 9.59 Å². The summed E-state index contributed by atoms with van der Waals surface area (Å²) in [6.07, 6.45) is 3.01. The van der Waals surface area contributed by atoms with E-state index in [4.69, 9.17) is 9.47 Å². The SMILES string of the molecule is COc1ccc(NC(=O)C(=O)N/N=C/CCc2ccccc2)c(OC)c1.